The summed E-state index contributed by atoms with van der Waals surface area (Å²) in [6, 6.07) is -0.409. The van der Waals surface area contributed by atoms with Crippen molar-refractivity contribution in [3.8, 4) is 0 Å². The number of aliphatic hydroxyl groups excluding tert-OH is 3. The number of aliphatic hydroxyl groups is 3. The Morgan fingerprint density at radius 3 is 2.37 bits per heavy atom. The predicted octanol–water partition coefficient (Wildman–Crippen LogP) is -0.0790. The van der Waals surface area contributed by atoms with E-state index in [2.05, 4.69) is 0 Å². The van der Waals surface area contributed by atoms with Crippen molar-refractivity contribution < 1.29 is 20.1 Å². The van der Waals surface area contributed by atoms with Crippen LogP contribution in [-0.4, -0.2) is 62.9 Å². The number of carbonyl (C=O) groups excluding carboxylic acids is 1. The van der Waals surface area contributed by atoms with Gasteiger partial charge >= 0.3 is 0 Å². The molecule has 2 saturated heterocycles. The van der Waals surface area contributed by atoms with E-state index in [1.807, 2.05) is 25.7 Å². The van der Waals surface area contributed by atoms with Gasteiger partial charge in [-0.25, -0.2) is 0 Å². The smallest absolute Gasteiger partial charge is 0.139 e. The second-order valence-electron chi connectivity index (χ2n) is 6.92. The molecular weight excluding hydrogens is 246 g/mol. The van der Waals surface area contributed by atoms with Crippen LogP contribution in [0.25, 0.3) is 0 Å². The molecule has 3 N–H and O–H groups in total. The van der Waals surface area contributed by atoms with Crippen LogP contribution in [0, 0.1) is 5.41 Å². The zero-order valence-electron chi connectivity index (χ0n) is 11.9. The Kier molecular flexibility index (Phi) is 4.02. The van der Waals surface area contributed by atoms with Gasteiger partial charge < -0.3 is 15.3 Å². The number of ketones is 1. The third kappa shape index (κ3) is 2.84. The quantitative estimate of drug-likeness (QED) is 0.654. The van der Waals surface area contributed by atoms with Crippen LogP contribution in [-0.2, 0) is 4.79 Å². The molecular formula is C14H25NO4. The molecule has 2 fully saturated rings. The van der Waals surface area contributed by atoms with E-state index in [-0.39, 0.29) is 17.2 Å². The Balaban J connectivity index is 2.09. The van der Waals surface area contributed by atoms with Crippen molar-refractivity contribution in [2.75, 3.05) is 6.54 Å². The summed E-state index contributed by atoms with van der Waals surface area (Å²) in [6.45, 7) is 6.04. The molecule has 0 aromatic rings. The summed E-state index contributed by atoms with van der Waals surface area (Å²) < 4.78 is 0. The van der Waals surface area contributed by atoms with Gasteiger partial charge in [0.15, 0.2) is 0 Å². The van der Waals surface area contributed by atoms with Crippen LogP contribution in [0.2, 0.25) is 0 Å². The molecule has 5 nitrogen and oxygen atoms in total. The number of nitrogens with zero attached hydrogens (tertiary/aromatic N) is 1. The first-order valence-electron chi connectivity index (χ1n) is 7.05. The second-order valence-corrected chi connectivity index (χ2v) is 6.92. The highest BCUT2D eigenvalue weighted by Crippen LogP contribution is 2.34. The fraction of sp³-hybridized carbons (Fsp3) is 0.929. The first-order valence-corrected chi connectivity index (χ1v) is 7.05. The van der Waals surface area contributed by atoms with Crippen LogP contribution in [0.15, 0.2) is 0 Å². The zero-order chi connectivity index (χ0) is 14.4. The van der Waals surface area contributed by atoms with Gasteiger partial charge in [0.2, 0.25) is 0 Å². The Morgan fingerprint density at radius 1 is 1.16 bits per heavy atom. The lowest BCUT2D eigenvalue weighted by Gasteiger charge is -2.41. The first kappa shape index (κ1) is 14.9. The molecule has 0 saturated carbocycles. The van der Waals surface area contributed by atoms with Crippen molar-refractivity contribution in [1.82, 2.24) is 4.90 Å². The molecule has 2 heterocycles. The molecule has 0 amide bonds. The largest absolute Gasteiger partial charge is 0.391 e. The van der Waals surface area contributed by atoms with Gasteiger partial charge in [0, 0.05) is 24.4 Å². The monoisotopic (exact) mass is 271 g/mol. The van der Waals surface area contributed by atoms with Crippen molar-refractivity contribution >= 4 is 5.78 Å². The lowest BCUT2D eigenvalue weighted by atomic mass is 9.83. The molecule has 0 radical (unpaired) electrons. The summed E-state index contributed by atoms with van der Waals surface area (Å²) in [5, 5.41) is 29.7. The molecule has 5 heteroatoms. The predicted molar refractivity (Wildman–Crippen MR) is 70.6 cm³/mol. The molecule has 0 aromatic carbocycles. The highest BCUT2D eigenvalue weighted by atomic mass is 16.3. The molecule has 2 rings (SSSR count). The minimum atomic E-state index is -0.914. The van der Waals surface area contributed by atoms with E-state index in [0.717, 1.165) is 6.42 Å². The van der Waals surface area contributed by atoms with Crippen LogP contribution >= 0.6 is 0 Å². The van der Waals surface area contributed by atoms with E-state index in [4.69, 9.17) is 0 Å². The maximum absolute atomic E-state index is 12.2. The summed E-state index contributed by atoms with van der Waals surface area (Å²) >= 11 is 0. The van der Waals surface area contributed by atoms with Crippen molar-refractivity contribution in [2.24, 2.45) is 5.41 Å². The van der Waals surface area contributed by atoms with Crippen LogP contribution < -0.4 is 0 Å². The number of rotatable bonds is 2. The molecule has 0 spiro atoms. The van der Waals surface area contributed by atoms with Gasteiger partial charge in [0.25, 0.3) is 0 Å². The summed E-state index contributed by atoms with van der Waals surface area (Å²) in [5.74, 6) is 0.184. The molecule has 0 aromatic heterocycles. The maximum atomic E-state index is 12.2. The van der Waals surface area contributed by atoms with E-state index >= 15 is 0 Å². The molecule has 0 unspecified atom stereocenters. The van der Waals surface area contributed by atoms with E-state index in [0.29, 0.717) is 19.4 Å². The van der Waals surface area contributed by atoms with Crippen LogP contribution in [0.4, 0.5) is 0 Å². The van der Waals surface area contributed by atoms with E-state index in [9.17, 15) is 20.1 Å². The molecule has 5 atom stereocenters. The topological polar surface area (TPSA) is 81.0 Å². The van der Waals surface area contributed by atoms with Crippen LogP contribution in [0.1, 0.15) is 40.0 Å². The van der Waals surface area contributed by atoms with E-state index < -0.39 is 24.4 Å². The van der Waals surface area contributed by atoms with Gasteiger partial charge in [0.1, 0.15) is 5.78 Å². The average Bonchev–Trinajstić information content (AvgIpc) is 2.59. The van der Waals surface area contributed by atoms with Crippen molar-refractivity contribution in [1.29, 1.82) is 0 Å². The third-order valence-electron chi connectivity index (χ3n) is 4.44. The maximum Gasteiger partial charge on any atom is 0.139 e. The van der Waals surface area contributed by atoms with Crippen molar-refractivity contribution in [3.05, 3.63) is 0 Å². The number of fused-ring (bicyclic) bond motifs is 1. The first-order chi connectivity index (χ1) is 8.71. The van der Waals surface area contributed by atoms with Gasteiger partial charge in [-0.3, -0.25) is 9.69 Å². The zero-order valence-corrected chi connectivity index (χ0v) is 11.9. The Hall–Kier alpha value is -0.490. The van der Waals surface area contributed by atoms with E-state index in [1.165, 1.54) is 0 Å². The highest BCUT2D eigenvalue weighted by Gasteiger charge is 2.49. The van der Waals surface area contributed by atoms with Gasteiger partial charge in [-0.1, -0.05) is 20.8 Å². The van der Waals surface area contributed by atoms with Crippen LogP contribution in [0.3, 0.4) is 0 Å². The summed E-state index contributed by atoms with van der Waals surface area (Å²) in [6.07, 6.45) is -0.626. The van der Waals surface area contributed by atoms with Crippen LogP contribution in [0.5, 0.6) is 0 Å². The Morgan fingerprint density at radius 2 is 1.79 bits per heavy atom. The third-order valence-corrected chi connectivity index (χ3v) is 4.44. The molecule has 19 heavy (non-hydrogen) atoms. The number of piperidine rings is 1. The molecule has 2 aliphatic heterocycles. The second kappa shape index (κ2) is 5.13. The van der Waals surface area contributed by atoms with Gasteiger partial charge in [-0.2, -0.15) is 0 Å². The normalized spacial score (nSPS) is 40.2. The van der Waals surface area contributed by atoms with Gasteiger partial charge in [-0.05, 0) is 12.8 Å². The Labute approximate surface area is 114 Å². The van der Waals surface area contributed by atoms with Crippen molar-refractivity contribution in [3.63, 3.8) is 0 Å². The fourth-order valence-electron chi connectivity index (χ4n) is 3.15. The minimum absolute atomic E-state index is 0.0203. The fourth-order valence-corrected chi connectivity index (χ4v) is 3.15. The number of hydrogen-bond donors (Lipinski definition) is 3. The summed E-state index contributed by atoms with van der Waals surface area (Å²) in [5.41, 5.74) is -0.373. The average molecular weight is 271 g/mol. The van der Waals surface area contributed by atoms with E-state index in [1.54, 1.807) is 0 Å². The lowest BCUT2D eigenvalue weighted by Crippen LogP contribution is -2.54. The molecule has 2 aliphatic rings. The van der Waals surface area contributed by atoms with Crippen molar-refractivity contribution in [2.45, 2.75) is 70.4 Å². The molecule has 110 valence electrons. The number of hydrogen-bond acceptors (Lipinski definition) is 5. The number of Topliss-reactive ketones (excluding diaryl/α,β-unsaturated/α-hetero) is 1. The molecule has 0 bridgehead atoms. The minimum Gasteiger partial charge on any atom is -0.391 e. The lowest BCUT2D eigenvalue weighted by molar-refractivity contribution is -0.129. The van der Waals surface area contributed by atoms with Gasteiger partial charge in [-0.15, -0.1) is 0 Å². The number of carbonyl (C=O) groups is 1. The highest BCUT2D eigenvalue weighted by molar-refractivity contribution is 5.84. The van der Waals surface area contributed by atoms with Gasteiger partial charge in [0.05, 0.1) is 24.4 Å². The standard InChI is InChI=1S/C14H25NO4/c1-14(2,3)11(18)6-8-4-5-9(16)12-13(19)10(17)7-15(8)12/h8-10,12-13,16-17,19H,4-7H2,1-3H3/t8-,9-,10-,12-,13-/m1/s1. The summed E-state index contributed by atoms with van der Waals surface area (Å²) in [4.78, 5) is 14.1. The molecule has 0 aliphatic carbocycles. The SMILES string of the molecule is CC(C)(C)C(=O)C[C@H]1CC[C@@H](O)[C@@H]2[C@H](O)[C@H](O)CN12. The Bertz CT molecular complexity index is 352. The summed E-state index contributed by atoms with van der Waals surface area (Å²) in [7, 11) is 0.